The molecule has 1 aromatic rings. The first-order valence-electron chi connectivity index (χ1n) is 5.12. The Balaban J connectivity index is 2.22. The van der Waals surface area contributed by atoms with Crippen LogP contribution in [0.5, 0.6) is 5.75 Å². The molecule has 1 aliphatic rings. The number of rotatable bonds is 3. The largest absolute Gasteiger partial charge is 0.496 e. The Kier molecular flexibility index (Phi) is 2.46. The number of methoxy groups -OCH3 is 1. The van der Waals surface area contributed by atoms with Gasteiger partial charge in [-0.3, -0.25) is 0 Å². The summed E-state index contributed by atoms with van der Waals surface area (Å²) in [5.74, 6) is 1.65. The van der Waals surface area contributed by atoms with Crippen LogP contribution in [-0.4, -0.2) is 7.11 Å². The highest BCUT2D eigenvalue weighted by molar-refractivity contribution is 5.37. The lowest BCUT2D eigenvalue weighted by atomic mass is 10.0. The Morgan fingerprint density at radius 2 is 2.14 bits per heavy atom. The van der Waals surface area contributed by atoms with E-state index in [4.69, 9.17) is 10.5 Å². The van der Waals surface area contributed by atoms with Crippen molar-refractivity contribution in [3.63, 3.8) is 0 Å². The normalized spacial score (nSPS) is 17.9. The fraction of sp³-hybridized carbons (Fsp3) is 0.500. The molecule has 0 spiro atoms. The summed E-state index contributed by atoms with van der Waals surface area (Å²) < 4.78 is 5.21. The average molecular weight is 191 g/mol. The maximum atomic E-state index is 6.12. The van der Waals surface area contributed by atoms with Crippen LogP contribution in [0.4, 0.5) is 0 Å². The number of hydrogen-bond acceptors (Lipinski definition) is 2. The Labute approximate surface area is 85.1 Å². The molecule has 0 radical (unpaired) electrons. The molecule has 2 N–H and O–H groups in total. The number of aryl methyl sites for hydroxylation is 1. The Morgan fingerprint density at radius 3 is 2.64 bits per heavy atom. The van der Waals surface area contributed by atoms with Crippen molar-refractivity contribution < 1.29 is 4.74 Å². The summed E-state index contributed by atoms with van der Waals surface area (Å²) in [4.78, 5) is 0. The summed E-state index contributed by atoms with van der Waals surface area (Å²) in [5.41, 5.74) is 8.53. The molecule has 1 aliphatic carbocycles. The molecule has 0 heterocycles. The summed E-state index contributed by atoms with van der Waals surface area (Å²) in [5, 5.41) is 0. The van der Waals surface area contributed by atoms with E-state index in [1.54, 1.807) is 7.11 Å². The van der Waals surface area contributed by atoms with Gasteiger partial charge in [0.15, 0.2) is 0 Å². The van der Waals surface area contributed by atoms with Crippen molar-refractivity contribution in [2.24, 2.45) is 11.7 Å². The van der Waals surface area contributed by atoms with E-state index in [9.17, 15) is 0 Å². The molecule has 1 saturated carbocycles. The Bertz CT molecular complexity index is 331. The van der Waals surface area contributed by atoms with Crippen molar-refractivity contribution in [3.05, 3.63) is 29.3 Å². The molecular formula is C12H17NO. The lowest BCUT2D eigenvalue weighted by molar-refractivity contribution is 0.411. The summed E-state index contributed by atoms with van der Waals surface area (Å²) in [6.45, 7) is 2.06. The van der Waals surface area contributed by atoms with E-state index in [1.165, 1.54) is 24.0 Å². The van der Waals surface area contributed by atoms with Gasteiger partial charge in [-0.1, -0.05) is 12.1 Å². The van der Waals surface area contributed by atoms with E-state index in [0.717, 1.165) is 5.75 Å². The van der Waals surface area contributed by atoms with Crippen molar-refractivity contribution in [1.82, 2.24) is 0 Å². The second-order valence-corrected chi connectivity index (χ2v) is 4.09. The predicted molar refractivity (Wildman–Crippen MR) is 57.4 cm³/mol. The second kappa shape index (κ2) is 3.62. The van der Waals surface area contributed by atoms with Gasteiger partial charge in [-0.05, 0) is 42.9 Å². The molecule has 2 rings (SSSR count). The van der Waals surface area contributed by atoms with Crippen LogP contribution in [0.3, 0.4) is 0 Å². The van der Waals surface area contributed by atoms with Gasteiger partial charge in [0.25, 0.3) is 0 Å². The third kappa shape index (κ3) is 1.75. The van der Waals surface area contributed by atoms with E-state index in [1.807, 2.05) is 6.07 Å². The van der Waals surface area contributed by atoms with E-state index in [-0.39, 0.29) is 6.04 Å². The quantitative estimate of drug-likeness (QED) is 0.796. The minimum atomic E-state index is 0.222. The zero-order chi connectivity index (χ0) is 10.1. The molecule has 1 atom stereocenters. The summed E-state index contributed by atoms with van der Waals surface area (Å²) in [7, 11) is 1.70. The summed E-state index contributed by atoms with van der Waals surface area (Å²) >= 11 is 0. The Morgan fingerprint density at radius 1 is 1.43 bits per heavy atom. The van der Waals surface area contributed by atoms with Crippen molar-refractivity contribution in [3.8, 4) is 5.75 Å². The van der Waals surface area contributed by atoms with Crippen molar-refractivity contribution >= 4 is 0 Å². The van der Waals surface area contributed by atoms with Crippen LogP contribution in [0, 0.1) is 12.8 Å². The summed E-state index contributed by atoms with van der Waals surface area (Å²) in [6.07, 6.45) is 2.57. The number of benzene rings is 1. The molecule has 1 fully saturated rings. The van der Waals surface area contributed by atoms with E-state index < -0.39 is 0 Å². The maximum Gasteiger partial charge on any atom is 0.121 e. The molecule has 2 heteroatoms. The summed E-state index contributed by atoms with van der Waals surface area (Å²) in [6, 6.07) is 6.45. The van der Waals surface area contributed by atoms with Crippen LogP contribution in [-0.2, 0) is 0 Å². The molecular weight excluding hydrogens is 174 g/mol. The molecule has 76 valence electrons. The third-order valence-electron chi connectivity index (χ3n) is 2.93. The van der Waals surface area contributed by atoms with Crippen LogP contribution in [0.15, 0.2) is 18.2 Å². The average Bonchev–Trinajstić information content (AvgIpc) is 3.00. The number of nitrogens with two attached hydrogens (primary N) is 1. The number of ether oxygens (including phenoxy) is 1. The predicted octanol–water partition coefficient (Wildman–Crippen LogP) is 2.41. The van der Waals surface area contributed by atoms with Gasteiger partial charge >= 0.3 is 0 Å². The number of hydrogen-bond donors (Lipinski definition) is 1. The zero-order valence-corrected chi connectivity index (χ0v) is 8.79. The van der Waals surface area contributed by atoms with Crippen LogP contribution in [0.1, 0.15) is 30.0 Å². The monoisotopic (exact) mass is 191 g/mol. The van der Waals surface area contributed by atoms with Crippen molar-refractivity contribution in [1.29, 1.82) is 0 Å². The molecule has 1 aromatic carbocycles. The maximum absolute atomic E-state index is 6.12. The Hall–Kier alpha value is -1.02. The van der Waals surface area contributed by atoms with E-state index >= 15 is 0 Å². The van der Waals surface area contributed by atoms with Gasteiger partial charge in [-0.15, -0.1) is 0 Å². The zero-order valence-electron chi connectivity index (χ0n) is 8.79. The van der Waals surface area contributed by atoms with Crippen molar-refractivity contribution in [2.75, 3.05) is 7.11 Å². The van der Waals surface area contributed by atoms with E-state index in [2.05, 4.69) is 19.1 Å². The third-order valence-corrected chi connectivity index (χ3v) is 2.93. The van der Waals surface area contributed by atoms with Crippen LogP contribution in [0.25, 0.3) is 0 Å². The SMILES string of the molecule is COc1ccc([C@H](N)C2CC2)cc1C. The first kappa shape index (κ1) is 9.53. The molecule has 0 unspecified atom stereocenters. The molecule has 0 aromatic heterocycles. The van der Waals surface area contributed by atoms with Gasteiger partial charge in [-0.25, -0.2) is 0 Å². The highest BCUT2D eigenvalue weighted by atomic mass is 16.5. The topological polar surface area (TPSA) is 35.2 Å². The second-order valence-electron chi connectivity index (χ2n) is 4.09. The van der Waals surface area contributed by atoms with E-state index in [0.29, 0.717) is 5.92 Å². The standard InChI is InChI=1S/C12H17NO/c1-8-7-10(5-6-11(8)14-2)12(13)9-3-4-9/h5-7,9,12H,3-4,13H2,1-2H3/t12-/m1/s1. The van der Waals surface area contributed by atoms with Crippen molar-refractivity contribution in [2.45, 2.75) is 25.8 Å². The van der Waals surface area contributed by atoms with Gasteiger partial charge in [0, 0.05) is 6.04 Å². The van der Waals surface area contributed by atoms with Gasteiger partial charge < -0.3 is 10.5 Å². The lowest BCUT2D eigenvalue weighted by Crippen LogP contribution is -2.12. The van der Waals surface area contributed by atoms with Crippen LogP contribution < -0.4 is 10.5 Å². The van der Waals surface area contributed by atoms with Gasteiger partial charge in [0.05, 0.1) is 7.11 Å². The van der Waals surface area contributed by atoms with Crippen LogP contribution in [0.2, 0.25) is 0 Å². The molecule has 0 bridgehead atoms. The molecule has 0 saturated heterocycles. The molecule has 0 aliphatic heterocycles. The minimum Gasteiger partial charge on any atom is -0.496 e. The fourth-order valence-corrected chi connectivity index (χ4v) is 1.84. The van der Waals surface area contributed by atoms with Gasteiger partial charge in [-0.2, -0.15) is 0 Å². The first-order valence-corrected chi connectivity index (χ1v) is 5.12. The van der Waals surface area contributed by atoms with Crippen LogP contribution >= 0.6 is 0 Å². The molecule has 2 nitrogen and oxygen atoms in total. The first-order chi connectivity index (χ1) is 6.72. The molecule has 14 heavy (non-hydrogen) atoms. The van der Waals surface area contributed by atoms with Gasteiger partial charge in [0.2, 0.25) is 0 Å². The highest BCUT2D eigenvalue weighted by Crippen LogP contribution is 2.40. The fourth-order valence-electron chi connectivity index (χ4n) is 1.84. The molecule has 0 amide bonds. The highest BCUT2D eigenvalue weighted by Gasteiger charge is 2.29. The minimum absolute atomic E-state index is 0.222. The smallest absolute Gasteiger partial charge is 0.121 e. The lowest BCUT2D eigenvalue weighted by Gasteiger charge is -2.13. The van der Waals surface area contributed by atoms with Gasteiger partial charge in [0.1, 0.15) is 5.75 Å².